The number of benzene rings is 1. The Labute approximate surface area is 123 Å². The number of nitrogens with zero attached hydrogens (tertiary/aromatic N) is 2. The monoisotopic (exact) mass is 292 g/mol. The van der Waals surface area contributed by atoms with Gasteiger partial charge in [0.25, 0.3) is 0 Å². The van der Waals surface area contributed by atoms with Gasteiger partial charge in [0.1, 0.15) is 5.82 Å². The van der Waals surface area contributed by atoms with Crippen molar-refractivity contribution in [3.8, 4) is 0 Å². The van der Waals surface area contributed by atoms with Crippen LogP contribution in [0.1, 0.15) is 6.42 Å². The van der Waals surface area contributed by atoms with Crippen molar-refractivity contribution in [1.82, 2.24) is 9.97 Å². The molecule has 0 spiro atoms. The van der Waals surface area contributed by atoms with E-state index in [1.165, 1.54) is 0 Å². The van der Waals surface area contributed by atoms with Crippen LogP contribution < -0.4 is 10.6 Å². The lowest BCUT2D eigenvalue weighted by molar-refractivity contribution is 0.198. The molecule has 0 bridgehead atoms. The molecule has 0 aliphatic carbocycles. The van der Waals surface area contributed by atoms with Gasteiger partial charge in [-0.25, -0.2) is 4.98 Å². The van der Waals surface area contributed by atoms with E-state index in [1.807, 2.05) is 30.3 Å². The Bertz CT molecular complexity index is 550. The number of hydrogen-bond acceptors (Lipinski definition) is 5. The van der Waals surface area contributed by atoms with Gasteiger partial charge in [-0.1, -0.05) is 23.7 Å². The predicted molar refractivity (Wildman–Crippen MR) is 81.7 cm³/mol. The van der Waals surface area contributed by atoms with Gasteiger partial charge in [-0.05, 0) is 24.6 Å². The third-order valence-electron chi connectivity index (χ3n) is 2.61. The van der Waals surface area contributed by atoms with Crippen molar-refractivity contribution >= 4 is 29.1 Å². The third-order valence-corrected chi connectivity index (χ3v) is 2.94. The molecule has 0 radical (unpaired) electrons. The van der Waals surface area contributed by atoms with E-state index in [4.69, 9.17) is 16.3 Å². The topological polar surface area (TPSA) is 59.1 Å². The second kappa shape index (κ2) is 7.67. The number of aromatic nitrogens is 2. The SMILES string of the molecule is COCCCNc1ccnc(Nc2ccccc2Cl)n1. The summed E-state index contributed by atoms with van der Waals surface area (Å²) in [5.41, 5.74) is 0.783. The minimum Gasteiger partial charge on any atom is -0.385 e. The normalized spacial score (nSPS) is 10.3. The highest BCUT2D eigenvalue weighted by Gasteiger charge is 2.02. The van der Waals surface area contributed by atoms with E-state index in [1.54, 1.807) is 13.3 Å². The van der Waals surface area contributed by atoms with Gasteiger partial charge < -0.3 is 15.4 Å². The fourth-order valence-corrected chi connectivity index (χ4v) is 1.82. The molecule has 0 unspecified atom stereocenters. The summed E-state index contributed by atoms with van der Waals surface area (Å²) in [6.45, 7) is 1.53. The van der Waals surface area contributed by atoms with E-state index in [-0.39, 0.29) is 0 Å². The minimum absolute atomic E-state index is 0.509. The van der Waals surface area contributed by atoms with Crippen LogP contribution in [0, 0.1) is 0 Å². The van der Waals surface area contributed by atoms with E-state index in [2.05, 4.69) is 20.6 Å². The lowest BCUT2D eigenvalue weighted by atomic mass is 10.3. The van der Waals surface area contributed by atoms with Gasteiger partial charge in [0.2, 0.25) is 5.95 Å². The molecule has 0 saturated carbocycles. The summed E-state index contributed by atoms with van der Waals surface area (Å²) < 4.78 is 5.00. The number of halogens is 1. The summed E-state index contributed by atoms with van der Waals surface area (Å²) in [5.74, 6) is 1.28. The molecule has 6 heteroatoms. The Morgan fingerprint density at radius 1 is 1.25 bits per heavy atom. The molecule has 0 fully saturated rings. The van der Waals surface area contributed by atoms with Crippen molar-refractivity contribution in [2.45, 2.75) is 6.42 Å². The van der Waals surface area contributed by atoms with E-state index in [0.29, 0.717) is 11.0 Å². The number of methoxy groups -OCH3 is 1. The predicted octanol–water partition coefficient (Wildman–Crippen LogP) is 3.32. The first-order valence-corrected chi connectivity index (χ1v) is 6.75. The summed E-state index contributed by atoms with van der Waals surface area (Å²) in [5, 5.41) is 6.95. The molecule has 106 valence electrons. The van der Waals surface area contributed by atoms with Gasteiger partial charge in [-0.15, -0.1) is 0 Å². The number of ether oxygens (including phenoxy) is 1. The van der Waals surface area contributed by atoms with Crippen LogP contribution >= 0.6 is 11.6 Å². The molecular weight excluding hydrogens is 276 g/mol. The Kier molecular flexibility index (Phi) is 5.58. The average Bonchev–Trinajstić information content (AvgIpc) is 2.47. The van der Waals surface area contributed by atoms with Crippen LogP contribution in [0.3, 0.4) is 0 Å². The minimum atomic E-state index is 0.509. The maximum absolute atomic E-state index is 6.08. The lowest BCUT2D eigenvalue weighted by Gasteiger charge is -2.09. The summed E-state index contributed by atoms with van der Waals surface area (Å²) in [6, 6.07) is 9.30. The highest BCUT2D eigenvalue weighted by Crippen LogP contribution is 2.23. The zero-order valence-electron chi connectivity index (χ0n) is 11.3. The summed E-state index contributed by atoms with van der Waals surface area (Å²) in [6.07, 6.45) is 2.62. The molecule has 0 aliphatic heterocycles. The summed E-state index contributed by atoms with van der Waals surface area (Å²) in [7, 11) is 1.69. The van der Waals surface area contributed by atoms with Crippen LogP contribution in [0.5, 0.6) is 0 Å². The van der Waals surface area contributed by atoms with Gasteiger partial charge in [0.05, 0.1) is 10.7 Å². The fraction of sp³-hybridized carbons (Fsp3) is 0.286. The van der Waals surface area contributed by atoms with Crippen molar-refractivity contribution in [2.75, 3.05) is 30.9 Å². The number of para-hydroxylation sites is 1. The molecule has 2 N–H and O–H groups in total. The molecule has 20 heavy (non-hydrogen) atoms. The van der Waals surface area contributed by atoms with Crippen LogP contribution in [0.25, 0.3) is 0 Å². The molecule has 1 heterocycles. The first kappa shape index (κ1) is 14.6. The van der Waals surface area contributed by atoms with E-state index < -0.39 is 0 Å². The highest BCUT2D eigenvalue weighted by molar-refractivity contribution is 6.33. The highest BCUT2D eigenvalue weighted by atomic mass is 35.5. The molecule has 0 aliphatic rings. The molecule has 2 aromatic rings. The molecular formula is C14H17ClN4O. The van der Waals surface area contributed by atoms with Gasteiger partial charge in [-0.3, -0.25) is 0 Å². The molecule has 0 amide bonds. The van der Waals surface area contributed by atoms with Gasteiger partial charge >= 0.3 is 0 Å². The first-order chi connectivity index (χ1) is 9.79. The van der Waals surface area contributed by atoms with E-state index in [9.17, 15) is 0 Å². The summed E-state index contributed by atoms with van der Waals surface area (Å²) >= 11 is 6.08. The van der Waals surface area contributed by atoms with Crippen LogP contribution in [-0.2, 0) is 4.74 Å². The number of hydrogen-bond donors (Lipinski definition) is 2. The largest absolute Gasteiger partial charge is 0.385 e. The zero-order chi connectivity index (χ0) is 14.2. The molecule has 0 saturated heterocycles. The second-order valence-corrected chi connectivity index (χ2v) is 4.55. The van der Waals surface area contributed by atoms with Crippen LogP contribution in [-0.4, -0.2) is 30.2 Å². The standard InChI is InChI=1S/C14H17ClN4O/c1-20-10-4-8-16-13-7-9-17-14(19-13)18-12-6-3-2-5-11(12)15/h2-3,5-7,9H,4,8,10H2,1H3,(H2,16,17,18,19). The van der Waals surface area contributed by atoms with Crippen molar-refractivity contribution < 1.29 is 4.74 Å². The lowest BCUT2D eigenvalue weighted by Crippen LogP contribution is -2.07. The van der Waals surface area contributed by atoms with E-state index >= 15 is 0 Å². The first-order valence-electron chi connectivity index (χ1n) is 6.37. The number of rotatable bonds is 7. The third kappa shape index (κ3) is 4.36. The van der Waals surface area contributed by atoms with Crippen molar-refractivity contribution in [2.24, 2.45) is 0 Å². The molecule has 1 aromatic carbocycles. The molecule has 5 nitrogen and oxygen atoms in total. The Morgan fingerprint density at radius 2 is 2.10 bits per heavy atom. The van der Waals surface area contributed by atoms with Crippen molar-refractivity contribution in [3.63, 3.8) is 0 Å². The quantitative estimate of drug-likeness (QED) is 0.767. The number of nitrogens with one attached hydrogen (secondary N) is 2. The van der Waals surface area contributed by atoms with Crippen LogP contribution in [0.2, 0.25) is 5.02 Å². The Morgan fingerprint density at radius 3 is 2.90 bits per heavy atom. The van der Waals surface area contributed by atoms with Gasteiger partial charge in [0.15, 0.2) is 0 Å². The zero-order valence-corrected chi connectivity index (χ0v) is 12.0. The van der Waals surface area contributed by atoms with Crippen LogP contribution in [0.4, 0.5) is 17.5 Å². The smallest absolute Gasteiger partial charge is 0.229 e. The maximum Gasteiger partial charge on any atom is 0.229 e. The van der Waals surface area contributed by atoms with Crippen LogP contribution in [0.15, 0.2) is 36.5 Å². The number of anilines is 3. The maximum atomic E-state index is 6.08. The summed E-state index contributed by atoms with van der Waals surface area (Å²) in [4.78, 5) is 8.55. The Hall–Kier alpha value is -1.85. The Balaban J connectivity index is 1.97. The molecule has 0 atom stereocenters. The molecule has 2 rings (SSSR count). The fourth-order valence-electron chi connectivity index (χ4n) is 1.63. The van der Waals surface area contributed by atoms with E-state index in [0.717, 1.165) is 31.1 Å². The van der Waals surface area contributed by atoms with Gasteiger partial charge in [0, 0.05) is 26.5 Å². The molecule has 1 aromatic heterocycles. The average molecular weight is 293 g/mol. The van der Waals surface area contributed by atoms with Gasteiger partial charge in [-0.2, -0.15) is 4.98 Å². The van der Waals surface area contributed by atoms with Crippen molar-refractivity contribution in [3.05, 3.63) is 41.6 Å². The van der Waals surface area contributed by atoms with Crippen molar-refractivity contribution in [1.29, 1.82) is 0 Å². The second-order valence-electron chi connectivity index (χ2n) is 4.14.